The van der Waals surface area contributed by atoms with Crippen molar-refractivity contribution in [2.24, 2.45) is 0 Å². The second-order valence-electron chi connectivity index (χ2n) is 6.51. The molecule has 0 fully saturated rings. The molecule has 0 aliphatic rings. The first kappa shape index (κ1) is 22.4. The van der Waals surface area contributed by atoms with Gasteiger partial charge in [-0.3, -0.25) is 4.98 Å². The van der Waals surface area contributed by atoms with E-state index in [-0.39, 0.29) is 5.92 Å². The molecule has 0 saturated carbocycles. The molecule has 1 unspecified atom stereocenters. The highest BCUT2D eigenvalue weighted by Gasteiger charge is 2.30. The maximum absolute atomic E-state index is 12.8. The van der Waals surface area contributed by atoms with Crippen LogP contribution in [0.1, 0.15) is 41.6 Å². The van der Waals surface area contributed by atoms with Crippen LogP contribution in [0.2, 0.25) is 0 Å². The van der Waals surface area contributed by atoms with E-state index in [4.69, 9.17) is 9.84 Å². The van der Waals surface area contributed by atoms with Gasteiger partial charge in [0.25, 0.3) is 0 Å². The van der Waals surface area contributed by atoms with Crippen molar-refractivity contribution >= 4 is 11.5 Å². The quantitative estimate of drug-likeness (QED) is 0.477. The fourth-order valence-electron chi connectivity index (χ4n) is 2.72. The highest BCUT2D eigenvalue weighted by molar-refractivity contribution is 5.83. The van der Waals surface area contributed by atoms with Crippen LogP contribution in [0.3, 0.4) is 0 Å². The van der Waals surface area contributed by atoms with Gasteiger partial charge < -0.3 is 9.84 Å². The van der Waals surface area contributed by atoms with Crippen molar-refractivity contribution in [3.63, 3.8) is 0 Å². The van der Waals surface area contributed by atoms with Gasteiger partial charge in [0, 0.05) is 43.2 Å². The van der Waals surface area contributed by atoms with E-state index in [1.165, 1.54) is 18.2 Å². The molecule has 1 heterocycles. The number of hydrogen-bond donors (Lipinski definition) is 1. The molecule has 29 heavy (non-hydrogen) atoms. The van der Waals surface area contributed by atoms with Crippen LogP contribution in [-0.2, 0) is 15.7 Å². The summed E-state index contributed by atoms with van der Waals surface area (Å²) in [5.74, 6) is -0.928. The van der Waals surface area contributed by atoms with Gasteiger partial charge >= 0.3 is 12.1 Å². The van der Waals surface area contributed by atoms with E-state index in [0.29, 0.717) is 23.3 Å². The first-order chi connectivity index (χ1) is 13.7. The molecule has 1 aromatic carbocycles. The predicted molar refractivity (Wildman–Crippen MR) is 104 cm³/mol. The van der Waals surface area contributed by atoms with Crippen LogP contribution in [0.4, 0.5) is 13.2 Å². The molecule has 7 heteroatoms. The molecule has 0 saturated heterocycles. The molecule has 0 amide bonds. The van der Waals surface area contributed by atoms with Gasteiger partial charge in [-0.15, -0.1) is 0 Å². The zero-order valence-electron chi connectivity index (χ0n) is 16.1. The smallest absolute Gasteiger partial charge is 0.416 e. The number of rotatable bonds is 8. The molecule has 1 N–H and O–H groups in total. The number of carboxylic acid groups (broad SMARTS) is 1. The van der Waals surface area contributed by atoms with E-state index in [2.05, 4.69) is 4.98 Å². The number of halogens is 3. The van der Waals surface area contributed by atoms with Crippen LogP contribution in [0.25, 0.3) is 5.57 Å². The Balaban J connectivity index is 2.37. The van der Waals surface area contributed by atoms with Gasteiger partial charge in [-0.05, 0) is 35.8 Å². The fraction of sp³-hybridized carbons (Fsp3) is 0.273. The number of carboxylic acids is 1. The first-order valence-electron chi connectivity index (χ1n) is 8.96. The van der Waals surface area contributed by atoms with Crippen LogP contribution < -0.4 is 0 Å². The zero-order chi connectivity index (χ0) is 21.4. The lowest BCUT2D eigenvalue weighted by Gasteiger charge is -2.13. The number of alkyl halides is 3. The largest absolute Gasteiger partial charge is 0.478 e. The molecular weight excluding hydrogens is 383 g/mol. The van der Waals surface area contributed by atoms with E-state index in [1.54, 1.807) is 19.4 Å². The van der Waals surface area contributed by atoms with Crippen molar-refractivity contribution in [3.8, 4) is 0 Å². The van der Waals surface area contributed by atoms with Gasteiger partial charge in [-0.1, -0.05) is 37.3 Å². The number of aliphatic carboxylic acids is 1. The molecule has 154 valence electrons. The van der Waals surface area contributed by atoms with Gasteiger partial charge in [0.2, 0.25) is 0 Å². The Bertz CT molecular complexity index is 870. The Morgan fingerprint density at radius 1 is 1.17 bits per heavy atom. The molecule has 0 spiro atoms. The standard InChI is InChI=1S/C22H22F3NO3/c1-15(12-13-29-2)20-11-8-17(14-26-20)19(4-3-5-21(27)28)16-6-9-18(10-7-16)22(23,24)25/h3-11,14-15H,12-13H2,1-2H3,(H,27,28). The fourth-order valence-corrected chi connectivity index (χ4v) is 2.72. The molecule has 1 atom stereocenters. The minimum absolute atomic E-state index is 0.189. The van der Waals surface area contributed by atoms with Crippen molar-refractivity contribution in [2.75, 3.05) is 13.7 Å². The van der Waals surface area contributed by atoms with E-state index < -0.39 is 17.7 Å². The van der Waals surface area contributed by atoms with Gasteiger partial charge in [0.05, 0.1) is 5.56 Å². The van der Waals surface area contributed by atoms with Crippen LogP contribution in [-0.4, -0.2) is 29.8 Å². The van der Waals surface area contributed by atoms with E-state index >= 15 is 0 Å². The number of allylic oxidation sites excluding steroid dienone is 2. The minimum Gasteiger partial charge on any atom is -0.478 e. The van der Waals surface area contributed by atoms with Gasteiger partial charge in [-0.2, -0.15) is 13.2 Å². The third kappa shape index (κ3) is 6.57. The van der Waals surface area contributed by atoms with E-state index in [9.17, 15) is 18.0 Å². The minimum atomic E-state index is -4.42. The lowest BCUT2D eigenvalue weighted by molar-refractivity contribution is -0.137. The number of carbonyl (C=O) groups is 1. The summed E-state index contributed by atoms with van der Waals surface area (Å²) >= 11 is 0. The van der Waals surface area contributed by atoms with Crippen LogP contribution in [0, 0.1) is 0 Å². The topological polar surface area (TPSA) is 59.4 Å². The number of methoxy groups -OCH3 is 1. The van der Waals surface area contributed by atoms with Crippen LogP contribution in [0.15, 0.2) is 60.8 Å². The first-order valence-corrected chi connectivity index (χ1v) is 8.96. The summed E-state index contributed by atoms with van der Waals surface area (Å²) in [7, 11) is 1.63. The third-order valence-electron chi connectivity index (χ3n) is 4.38. The Hall–Kier alpha value is -2.93. The summed E-state index contributed by atoms with van der Waals surface area (Å²) in [6, 6.07) is 8.40. The summed E-state index contributed by atoms with van der Waals surface area (Å²) in [5.41, 5.74) is 1.89. The number of ether oxygens (including phenoxy) is 1. The monoisotopic (exact) mass is 405 g/mol. The van der Waals surface area contributed by atoms with Gasteiger partial charge in [0.1, 0.15) is 0 Å². The summed E-state index contributed by atoms with van der Waals surface area (Å²) in [6.45, 7) is 2.64. The van der Waals surface area contributed by atoms with Crippen LogP contribution >= 0.6 is 0 Å². The maximum atomic E-state index is 12.8. The van der Waals surface area contributed by atoms with Gasteiger partial charge in [0.15, 0.2) is 0 Å². The van der Waals surface area contributed by atoms with E-state index in [0.717, 1.165) is 30.3 Å². The third-order valence-corrected chi connectivity index (χ3v) is 4.38. The molecule has 1 aromatic heterocycles. The lowest BCUT2D eigenvalue weighted by atomic mass is 9.96. The molecule has 0 radical (unpaired) electrons. The van der Waals surface area contributed by atoms with Crippen molar-refractivity contribution in [3.05, 3.63) is 83.2 Å². The Labute approximate surface area is 167 Å². The normalized spacial score (nSPS) is 13.6. The maximum Gasteiger partial charge on any atom is 0.416 e. The highest BCUT2D eigenvalue weighted by Crippen LogP contribution is 2.31. The molecule has 0 aliphatic carbocycles. The zero-order valence-corrected chi connectivity index (χ0v) is 16.1. The SMILES string of the molecule is COCCC(C)c1ccc(C(=CC=CC(=O)O)c2ccc(C(F)(F)F)cc2)cn1. The van der Waals surface area contributed by atoms with E-state index in [1.807, 2.05) is 19.1 Å². The lowest BCUT2D eigenvalue weighted by Crippen LogP contribution is -2.04. The molecule has 0 bridgehead atoms. The number of hydrogen-bond acceptors (Lipinski definition) is 3. The second kappa shape index (κ2) is 10.0. The number of pyridine rings is 1. The molecule has 2 aromatic rings. The van der Waals surface area contributed by atoms with Crippen molar-refractivity contribution < 1.29 is 27.8 Å². The van der Waals surface area contributed by atoms with Crippen LogP contribution in [0.5, 0.6) is 0 Å². The molecule has 4 nitrogen and oxygen atoms in total. The molecule has 0 aliphatic heterocycles. The molecular formula is C22H22F3NO3. The molecule has 2 rings (SSSR count). The Kier molecular flexibility index (Phi) is 7.73. The number of aromatic nitrogens is 1. The summed E-state index contributed by atoms with van der Waals surface area (Å²) < 4.78 is 43.6. The average Bonchev–Trinajstić information content (AvgIpc) is 2.69. The summed E-state index contributed by atoms with van der Waals surface area (Å²) in [5, 5.41) is 8.80. The second-order valence-corrected chi connectivity index (χ2v) is 6.51. The number of nitrogens with zero attached hydrogens (tertiary/aromatic N) is 1. The summed E-state index contributed by atoms with van der Waals surface area (Å²) in [6.07, 6.45) is 1.86. The highest BCUT2D eigenvalue weighted by atomic mass is 19.4. The van der Waals surface area contributed by atoms with Crippen molar-refractivity contribution in [1.29, 1.82) is 0 Å². The van der Waals surface area contributed by atoms with Gasteiger partial charge in [-0.25, -0.2) is 4.79 Å². The predicted octanol–water partition coefficient (Wildman–Crippen LogP) is 5.31. The summed E-state index contributed by atoms with van der Waals surface area (Å²) in [4.78, 5) is 15.2. The Morgan fingerprint density at radius 2 is 1.83 bits per heavy atom. The average molecular weight is 405 g/mol. The van der Waals surface area contributed by atoms with Crippen molar-refractivity contribution in [1.82, 2.24) is 4.98 Å². The number of benzene rings is 1. The van der Waals surface area contributed by atoms with Crippen molar-refractivity contribution in [2.45, 2.75) is 25.4 Å². The Morgan fingerprint density at radius 3 is 2.34 bits per heavy atom.